The smallest absolute Gasteiger partial charge is 0.313 e. The van der Waals surface area contributed by atoms with Crippen LogP contribution in [0.3, 0.4) is 0 Å². The maximum absolute atomic E-state index is 14.4. The summed E-state index contributed by atoms with van der Waals surface area (Å²) in [5.74, 6) is -2.87. The van der Waals surface area contributed by atoms with E-state index in [0.29, 0.717) is 58.2 Å². The largest absolute Gasteiger partial charge is 0.455 e. The van der Waals surface area contributed by atoms with Gasteiger partial charge in [0.15, 0.2) is 0 Å². The number of carbonyl (C=O) groups excluding carboxylic acids is 4. The van der Waals surface area contributed by atoms with E-state index in [4.69, 9.17) is 9.47 Å². The third-order valence-electron chi connectivity index (χ3n) is 9.55. The molecule has 0 aliphatic carbocycles. The number of amides is 3. The van der Waals surface area contributed by atoms with Gasteiger partial charge in [-0.2, -0.15) is 0 Å². The van der Waals surface area contributed by atoms with Gasteiger partial charge in [0.25, 0.3) is 0 Å². The van der Waals surface area contributed by atoms with Gasteiger partial charge in [-0.25, -0.2) is 0 Å². The summed E-state index contributed by atoms with van der Waals surface area (Å²) in [7, 11) is 0. The summed E-state index contributed by atoms with van der Waals surface area (Å²) in [6, 6.07) is 8.36. The second-order valence-corrected chi connectivity index (χ2v) is 12.6. The van der Waals surface area contributed by atoms with Crippen LogP contribution in [-0.4, -0.2) is 89.1 Å². The van der Waals surface area contributed by atoms with Crippen molar-refractivity contribution in [3.8, 4) is 0 Å². The molecule has 2 N–H and O–H groups in total. The van der Waals surface area contributed by atoms with Crippen LogP contribution in [0.4, 0.5) is 0 Å². The van der Waals surface area contributed by atoms with Crippen molar-refractivity contribution in [3.63, 3.8) is 0 Å². The number of nitrogens with one attached hydrogen (secondary N) is 1. The first-order valence-electron chi connectivity index (χ1n) is 16.9. The van der Waals surface area contributed by atoms with E-state index in [2.05, 4.69) is 25.4 Å². The summed E-state index contributed by atoms with van der Waals surface area (Å²) in [4.78, 5) is 58.6. The van der Waals surface area contributed by atoms with Gasteiger partial charge in [0.2, 0.25) is 17.7 Å². The lowest BCUT2D eigenvalue weighted by atomic mass is 9.70. The lowest BCUT2D eigenvalue weighted by Crippen LogP contribution is -2.56. The molecule has 0 radical (unpaired) electrons. The van der Waals surface area contributed by atoms with E-state index in [1.54, 1.807) is 22.0 Å². The van der Waals surface area contributed by atoms with Crippen LogP contribution in [0.1, 0.15) is 82.8 Å². The Morgan fingerprint density at radius 1 is 1.15 bits per heavy atom. The Balaban J connectivity index is 1.60. The van der Waals surface area contributed by atoms with Crippen LogP contribution < -0.4 is 5.32 Å². The summed E-state index contributed by atoms with van der Waals surface area (Å²) < 4.78 is 12.7. The molecule has 10 heteroatoms. The van der Waals surface area contributed by atoms with Gasteiger partial charge in [-0.05, 0) is 50.5 Å². The zero-order valence-electron chi connectivity index (χ0n) is 27.2. The topological polar surface area (TPSA) is 125 Å². The summed E-state index contributed by atoms with van der Waals surface area (Å²) in [6.45, 7) is 11.0. The molecule has 2 bridgehead atoms. The zero-order valence-corrected chi connectivity index (χ0v) is 27.2. The fourth-order valence-corrected chi connectivity index (χ4v) is 7.33. The van der Waals surface area contributed by atoms with Crippen LogP contribution in [0.15, 0.2) is 55.6 Å². The first-order chi connectivity index (χ1) is 22.3. The van der Waals surface area contributed by atoms with Gasteiger partial charge in [0.1, 0.15) is 17.7 Å². The molecular formula is C36H51N3O7. The second kappa shape index (κ2) is 16.9. The lowest BCUT2D eigenvalue weighted by Gasteiger charge is -2.37. The van der Waals surface area contributed by atoms with E-state index in [-0.39, 0.29) is 37.3 Å². The van der Waals surface area contributed by atoms with Crippen LogP contribution >= 0.6 is 0 Å². The molecule has 0 saturated carbocycles. The summed E-state index contributed by atoms with van der Waals surface area (Å²) in [5.41, 5.74) is -0.396. The van der Waals surface area contributed by atoms with Crippen molar-refractivity contribution in [2.45, 2.75) is 95.0 Å². The highest BCUT2D eigenvalue weighted by atomic mass is 16.6. The van der Waals surface area contributed by atoms with Crippen LogP contribution in [-0.2, 0) is 28.7 Å². The number of hydrogen-bond donors (Lipinski definition) is 2. The van der Waals surface area contributed by atoms with E-state index in [0.717, 1.165) is 24.8 Å². The molecule has 6 atom stereocenters. The Bertz CT molecular complexity index is 1220. The molecule has 3 heterocycles. The normalized spacial score (nSPS) is 25.2. The van der Waals surface area contributed by atoms with Gasteiger partial charge < -0.3 is 29.7 Å². The van der Waals surface area contributed by atoms with E-state index in [1.807, 2.05) is 30.3 Å². The van der Waals surface area contributed by atoms with Gasteiger partial charge in [0, 0.05) is 32.7 Å². The minimum absolute atomic E-state index is 0.0589. The summed E-state index contributed by atoms with van der Waals surface area (Å²) in [6.07, 6.45) is 8.69. The number of likely N-dealkylation sites (tertiary alicyclic amines) is 1. The van der Waals surface area contributed by atoms with Gasteiger partial charge in [-0.1, -0.05) is 62.2 Å². The standard InChI is InChI=1S/C36H51N3O7/c1-4-7-13-22-38(21-6-3)34(43)32-36-20-19-27(46-36)30(31(36)33(42)39(32)23-14-10-15-24-40)35(44)45-28(26-16-11-9-12-17-26)25-37-29(41)18-8-5-2/h5-6,9,11-12,16-17,27-28,30-32,40H,2-4,7-8,10,13-15,18-25H2,1H3,(H,37,41)/t27-,28-,30+,31+,32-,36+/m0/s1. The van der Waals surface area contributed by atoms with Crippen LogP contribution in [0.5, 0.6) is 0 Å². The van der Waals surface area contributed by atoms with Crippen LogP contribution in [0.25, 0.3) is 0 Å². The molecule has 1 spiro atoms. The Kier molecular flexibility index (Phi) is 13.0. The number of allylic oxidation sites excluding steroid dienone is 1. The number of aliphatic hydroxyl groups excluding tert-OH is 1. The van der Waals surface area contributed by atoms with Gasteiger partial charge in [0.05, 0.1) is 24.5 Å². The number of hydrogen-bond acceptors (Lipinski definition) is 7. The third-order valence-corrected chi connectivity index (χ3v) is 9.55. The van der Waals surface area contributed by atoms with Crippen molar-refractivity contribution in [2.24, 2.45) is 11.8 Å². The molecule has 46 heavy (non-hydrogen) atoms. The number of fused-ring (bicyclic) bond motifs is 1. The van der Waals surface area contributed by atoms with Crippen molar-refractivity contribution in [1.82, 2.24) is 15.1 Å². The first-order valence-corrected chi connectivity index (χ1v) is 16.9. The minimum atomic E-state index is -1.12. The molecule has 3 saturated heterocycles. The molecule has 0 aromatic heterocycles. The Morgan fingerprint density at radius 3 is 2.63 bits per heavy atom. The monoisotopic (exact) mass is 637 g/mol. The Hall–Kier alpha value is -3.50. The molecule has 3 aliphatic heterocycles. The molecule has 3 aliphatic rings. The molecule has 252 valence electrons. The van der Waals surface area contributed by atoms with E-state index < -0.39 is 41.7 Å². The average Bonchev–Trinajstić information content (AvgIpc) is 3.71. The average molecular weight is 638 g/mol. The number of nitrogens with zero attached hydrogens (tertiary/aromatic N) is 2. The predicted octanol–water partition coefficient (Wildman–Crippen LogP) is 4.10. The van der Waals surface area contributed by atoms with Gasteiger partial charge >= 0.3 is 5.97 Å². The number of ether oxygens (including phenoxy) is 2. The van der Waals surface area contributed by atoms with Crippen LogP contribution in [0.2, 0.25) is 0 Å². The highest BCUT2D eigenvalue weighted by Crippen LogP contribution is 2.59. The number of benzene rings is 1. The molecule has 1 aromatic carbocycles. The second-order valence-electron chi connectivity index (χ2n) is 12.6. The van der Waals surface area contributed by atoms with Gasteiger partial charge in [-0.3, -0.25) is 19.2 Å². The number of aliphatic hydroxyl groups is 1. The van der Waals surface area contributed by atoms with Crippen molar-refractivity contribution in [1.29, 1.82) is 0 Å². The molecule has 3 fully saturated rings. The number of rotatable bonds is 20. The first kappa shape index (κ1) is 35.4. The van der Waals surface area contributed by atoms with E-state index in [1.165, 1.54) is 0 Å². The predicted molar refractivity (Wildman–Crippen MR) is 174 cm³/mol. The SMILES string of the molecule is C=CCCC(=O)NC[C@H](OC(=O)[C@@H]1[C@@H]2CC[C@]3(O2)[C@H](C(=O)N(CC=C)CCCCC)N(CCCCCO)C(=O)[C@@H]13)c1ccccc1. The van der Waals surface area contributed by atoms with Crippen molar-refractivity contribution in [2.75, 3.05) is 32.8 Å². The molecule has 3 amide bonds. The molecule has 0 unspecified atom stereocenters. The van der Waals surface area contributed by atoms with Crippen molar-refractivity contribution in [3.05, 3.63) is 61.2 Å². The van der Waals surface area contributed by atoms with Crippen molar-refractivity contribution < 1.29 is 33.8 Å². The minimum Gasteiger partial charge on any atom is -0.455 e. The number of unbranched alkanes of at least 4 members (excludes halogenated alkanes) is 4. The molecule has 4 rings (SSSR count). The maximum Gasteiger partial charge on any atom is 0.313 e. The zero-order chi connectivity index (χ0) is 33.1. The molecular weight excluding hydrogens is 586 g/mol. The summed E-state index contributed by atoms with van der Waals surface area (Å²) >= 11 is 0. The number of esters is 1. The Labute approximate surface area is 273 Å². The van der Waals surface area contributed by atoms with Crippen molar-refractivity contribution >= 4 is 23.7 Å². The highest BCUT2D eigenvalue weighted by Gasteiger charge is 2.75. The maximum atomic E-state index is 14.4. The van der Waals surface area contributed by atoms with Crippen LogP contribution in [0, 0.1) is 11.8 Å². The van der Waals surface area contributed by atoms with E-state index in [9.17, 15) is 24.3 Å². The summed E-state index contributed by atoms with van der Waals surface area (Å²) in [5, 5.41) is 12.2. The fourth-order valence-electron chi connectivity index (χ4n) is 7.33. The lowest BCUT2D eigenvalue weighted by molar-refractivity contribution is -0.160. The molecule has 1 aromatic rings. The van der Waals surface area contributed by atoms with E-state index >= 15 is 0 Å². The molecule has 10 nitrogen and oxygen atoms in total. The quantitative estimate of drug-likeness (QED) is 0.125. The van der Waals surface area contributed by atoms with Gasteiger partial charge in [-0.15, -0.1) is 13.2 Å². The highest BCUT2D eigenvalue weighted by molar-refractivity contribution is 5.98. The fraction of sp³-hybridized carbons (Fsp3) is 0.611. The Morgan fingerprint density at radius 2 is 1.93 bits per heavy atom. The number of carbonyl (C=O) groups is 4. The third kappa shape index (κ3) is 7.72.